The minimum absolute atomic E-state index is 0.224. The van der Waals surface area contributed by atoms with E-state index in [1.54, 1.807) is 0 Å². The van der Waals surface area contributed by atoms with Crippen molar-refractivity contribution in [2.75, 3.05) is 6.61 Å². The maximum Gasteiger partial charge on any atom is 0.310 e. The smallest absolute Gasteiger partial charge is 0.310 e. The zero-order valence-corrected chi connectivity index (χ0v) is 12.6. The highest BCUT2D eigenvalue weighted by Crippen LogP contribution is 2.15. The van der Waals surface area contributed by atoms with Gasteiger partial charge in [-0.05, 0) is 32.3 Å². The average Bonchev–Trinajstić information content (AvgIpc) is 2.53. The Morgan fingerprint density at radius 3 is 2.58 bits per heavy atom. The van der Waals surface area contributed by atoms with Crippen LogP contribution >= 0.6 is 0 Å². The summed E-state index contributed by atoms with van der Waals surface area (Å²) in [6.45, 7) is 14.9. The van der Waals surface area contributed by atoms with E-state index in [-0.39, 0.29) is 19.0 Å². The van der Waals surface area contributed by atoms with E-state index in [1.165, 1.54) is 0 Å². The number of rotatable bonds is 6. The molecule has 0 radical (unpaired) electrons. The maximum atomic E-state index is 11.8. The van der Waals surface area contributed by atoms with Gasteiger partial charge in [0.25, 0.3) is 0 Å². The highest BCUT2D eigenvalue weighted by atomic mass is 16.5. The van der Waals surface area contributed by atoms with Gasteiger partial charge in [0.05, 0.1) is 12.1 Å². The third-order valence-corrected chi connectivity index (χ3v) is 2.87. The molecule has 0 N–H and O–H groups in total. The minimum Gasteiger partial charge on any atom is -0.461 e. The highest BCUT2D eigenvalue weighted by molar-refractivity contribution is 5.73. The third kappa shape index (κ3) is 4.54. The topological polar surface area (TPSA) is 44.1 Å². The summed E-state index contributed by atoms with van der Waals surface area (Å²) in [5, 5.41) is 4.49. The van der Waals surface area contributed by atoms with Crippen LogP contribution in [0.4, 0.5) is 0 Å². The lowest BCUT2D eigenvalue weighted by molar-refractivity contribution is -0.141. The number of ether oxygens (including phenoxy) is 1. The fraction of sp³-hybridized carbons (Fsp3) is 0.600. The van der Waals surface area contributed by atoms with Crippen molar-refractivity contribution in [3.63, 3.8) is 0 Å². The second kappa shape index (κ2) is 6.55. The van der Waals surface area contributed by atoms with E-state index in [1.807, 2.05) is 25.5 Å². The lowest BCUT2D eigenvalue weighted by atomic mass is 10.1. The Bertz CT molecular complexity index is 473. The Labute approximate surface area is 115 Å². The van der Waals surface area contributed by atoms with E-state index in [9.17, 15) is 4.79 Å². The quantitative estimate of drug-likeness (QED) is 0.586. The maximum absolute atomic E-state index is 11.8. The van der Waals surface area contributed by atoms with Crippen LogP contribution in [0.2, 0.25) is 0 Å². The Morgan fingerprint density at radius 1 is 1.42 bits per heavy atom. The molecule has 0 aliphatic carbocycles. The number of hydrogen-bond donors (Lipinski definition) is 0. The van der Waals surface area contributed by atoms with Crippen LogP contribution in [0.1, 0.15) is 37.7 Å². The molecule has 0 aromatic carbocycles. The Balaban J connectivity index is 2.75. The van der Waals surface area contributed by atoms with Gasteiger partial charge >= 0.3 is 5.97 Å². The van der Waals surface area contributed by atoms with Crippen molar-refractivity contribution in [3.8, 4) is 0 Å². The van der Waals surface area contributed by atoms with Crippen molar-refractivity contribution >= 4 is 5.97 Å². The molecule has 0 unspecified atom stereocenters. The van der Waals surface area contributed by atoms with Crippen LogP contribution in [-0.4, -0.2) is 22.4 Å². The SMILES string of the molecule is C=C(C)COC(=O)Cc1c(C)nn(CC(C)C)c1C. The Hall–Kier alpha value is -1.58. The summed E-state index contributed by atoms with van der Waals surface area (Å²) < 4.78 is 7.11. The second-order valence-electron chi connectivity index (χ2n) is 5.52. The third-order valence-electron chi connectivity index (χ3n) is 2.87. The molecule has 106 valence electrons. The van der Waals surface area contributed by atoms with Gasteiger partial charge in [-0.25, -0.2) is 0 Å². The second-order valence-corrected chi connectivity index (χ2v) is 5.52. The first-order valence-electron chi connectivity index (χ1n) is 6.64. The molecule has 1 aromatic heterocycles. The minimum atomic E-state index is -0.224. The molecule has 1 rings (SSSR count). The van der Waals surface area contributed by atoms with Crippen LogP contribution in [0.25, 0.3) is 0 Å². The van der Waals surface area contributed by atoms with Crippen molar-refractivity contribution < 1.29 is 9.53 Å². The number of esters is 1. The van der Waals surface area contributed by atoms with Crippen molar-refractivity contribution in [1.29, 1.82) is 0 Å². The normalized spacial score (nSPS) is 10.8. The summed E-state index contributed by atoms with van der Waals surface area (Å²) in [5.41, 5.74) is 3.79. The van der Waals surface area contributed by atoms with Crippen molar-refractivity contribution in [2.45, 2.75) is 47.6 Å². The fourth-order valence-electron chi connectivity index (χ4n) is 1.91. The molecule has 4 heteroatoms. The molecular weight excluding hydrogens is 240 g/mol. The molecule has 0 aliphatic heterocycles. The van der Waals surface area contributed by atoms with Crippen molar-refractivity contribution in [2.24, 2.45) is 5.92 Å². The molecule has 0 saturated carbocycles. The van der Waals surface area contributed by atoms with E-state index in [0.29, 0.717) is 5.92 Å². The number of carbonyl (C=O) groups excluding carboxylic acids is 1. The standard InChI is InChI=1S/C15H24N2O2/c1-10(2)8-17-13(6)14(12(5)16-17)7-15(18)19-9-11(3)4/h10H,3,7-9H2,1-2,4-6H3. The zero-order valence-electron chi connectivity index (χ0n) is 12.6. The molecule has 1 heterocycles. The van der Waals surface area contributed by atoms with Gasteiger partial charge in [0.2, 0.25) is 0 Å². The highest BCUT2D eigenvalue weighted by Gasteiger charge is 2.16. The Morgan fingerprint density at radius 2 is 2.05 bits per heavy atom. The Kier molecular flexibility index (Phi) is 5.33. The molecule has 1 aromatic rings. The van der Waals surface area contributed by atoms with E-state index in [2.05, 4.69) is 25.5 Å². The summed E-state index contributed by atoms with van der Waals surface area (Å²) >= 11 is 0. The van der Waals surface area contributed by atoms with Crippen LogP contribution < -0.4 is 0 Å². The van der Waals surface area contributed by atoms with Crippen LogP contribution in [0.5, 0.6) is 0 Å². The summed E-state index contributed by atoms with van der Waals surface area (Å²) in [6, 6.07) is 0. The molecule has 0 aliphatic rings. The largest absolute Gasteiger partial charge is 0.461 e. The van der Waals surface area contributed by atoms with E-state index in [4.69, 9.17) is 4.74 Å². The van der Waals surface area contributed by atoms with Gasteiger partial charge in [-0.15, -0.1) is 0 Å². The summed E-state index contributed by atoms with van der Waals surface area (Å²) in [6.07, 6.45) is 0.281. The van der Waals surface area contributed by atoms with E-state index >= 15 is 0 Å². The number of aromatic nitrogens is 2. The molecule has 0 saturated heterocycles. The average molecular weight is 264 g/mol. The van der Waals surface area contributed by atoms with Gasteiger partial charge < -0.3 is 4.74 Å². The van der Waals surface area contributed by atoms with Crippen molar-refractivity contribution in [1.82, 2.24) is 9.78 Å². The van der Waals surface area contributed by atoms with Gasteiger partial charge in [0.1, 0.15) is 6.61 Å². The molecule has 0 fully saturated rings. The molecule has 4 nitrogen and oxygen atoms in total. The molecule has 0 atom stereocenters. The lowest BCUT2D eigenvalue weighted by Gasteiger charge is -2.08. The van der Waals surface area contributed by atoms with Gasteiger partial charge in [-0.1, -0.05) is 20.4 Å². The molecule has 0 spiro atoms. The summed E-state index contributed by atoms with van der Waals surface area (Å²) in [5.74, 6) is 0.305. The molecule has 0 bridgehead atoms. The number of aryl methyl sites for hydroxylation is 1. The van der Waals surface area contributed by atoms with Crippen LogP contribution in [-0.2, 0) is 22.5 Å². The van der Waals surface area contributed by atoms with Crippen LogP contribution in [0.15, 0.2) is 12.2 Å². The number of nitrogens with zero attached hydrogens (tertiary/aromatic N) is 2. The van der Waals surface area contributed by atoms with Crippen LogP contribution in [0.3, 0.4) is 0 Å². The number of hydrogen-bond acceptors (Lipinski definition) is 3. The summed E-state index contributed by atoms with van der Waals surface area (Å²) in [7, 11) is 0. The van der Waals surface area contributed by atoms with Crippen LogP contribution in [0, 0.1) is 19.8 Å². The predicted molar refractivity (Wildman–Crippen MR) is 76.0 cm³/mol. The van der Waals surface area contributed by atoms with E-state index in [0.717, 1.165) is 29.1 Å². The van der Waals surface area contributed by atoms with Gasteiger partial charge in [0, 0.05) is 17.8 Å². The monoisotopic (exact) mass is 264 g/mol. The van der Waals surface area contributed by atoms with Crippen molar-refractivity contribution in [3.05, 3.63) is 29.1 Å². The number of carbonyl (C=O) groups is 1. The molecule has 0 amide bonds. The lowest BCUT2D eigenvalue weighted by Crippen LogP contribution is -2.11. The molecule has 19 heavy (non-hydrogen) atoms. The van der Waals surface area contributed by atoms with E-state index < -0.39 is 0 Å². The first-order valence-corrected chi connectivity index (χ1v) is 6.64. The first-order chi connectivity index (χ1) is 8.81. The van der Waals surface area contributed by atoms with Gasteiger partial charge in [0.15, 0.2) is 0 Å². The molecular formula is C15H24N2O2. The van der Waals surface area contributed by atoms with Gasteiger partial charge in [-0.2, -0.15) is 5.10 Å². The fourth-order valence-corrected chi connectivity index (χ4v) is 1.91. The zero-order chi connectivity index (χ0) is 14.6. The summed E-state index contributed by atoms with van der Waals surface area (Å²) in [4.78, 5) is 11.8. The van der Waals surface area contributed by atoms with Gasteiger partial charge in [-0.3, -0.25) is 9.48 Å². The first kappa shape index (κ1) is 15.5. The predicted octanol–water partition coefficient (Wildman–Crippen LogP) is 2.82.